The summed E-state index contributed by atoms with van der Waals surface area (Å²) in [6.45, 7) is 0. The highest BCUT2D eigenvalue weighted by molar-refractivity contribution is 5.33. The molecule has 0 spiro atoms. The second-order valence-corrected chi connectivity index (χ2v) is 2.05. The molecule has 2 N–H and O–H groups in total. The van der Waals surface area contributed by atoms with E-state index < -0.39 is 0 Å². The Morgan fingerprint density at radius 1 is 0.909 bits per heavy atom. The van der Waals surface area contributed by atoms with Crippen LogP contribution >= 0.6 is 0 Å². The Kier molecular flexibility index (Phi) is 2.93. The van der Waals surface area contributed by atoms with E-state index in [0.717, 1.165) is 5.69 Å². The van der Waals surface area contributed by atoms with Gasteiger partial charge in [-0.2, -0.15) is 0 Å². The molecule has 0 fully saturated rings. The maximum absolute atomic E-state index is 5.56. The van der Waals surface area contributed by atoms with Gasteiger partial charge in [0.05, 0.1) is 0 Å². The van der Waals surface area contributed by atoms with Gasteiger partial charge in [0.15, 0.2) is 0 Å². The molecule has 1 aromatic rings. The fourth-order valence-electron chi connectivity index (χ4n) is 0.639. The van der Waals surface area contributed by atoms with Gasteiger partial charge in [-0.25, -0.2) is 0 Å². The van der Waals surface area contributed by atoms with Gasteiger partial charge in [-0.05, 0) is 24.3 Å². The number of anilines is 1. The molecule has 0 aromatic carbocycles. The first-order valence-electron chi connectivity index (χ1n) is 3.38. The van der Waals surface area contributed by atoms with Gasteiger partial charge in [0.2, 0.25) is 0 Å². The number of aromatic nitrogens is 1. The van der Waals surface area contributed by atoms with E-state index in [9.17, 15) is 0 Å². The predicted octanol–water partition coefficient (Wildman–Crippen LogP) is 1.79. The zero-order chi connectivity index (χ0) is 7.94. The van der Waals surface area contributed by atoms with Crippen molar-refractivity contribution >= 4 is 5.69 Å². The number of nitrogens with two attached hydrogens (primary N) is 1. The van der Waals surface area contributed by atoms with Crippen molar-refractivity contribution in [3.63, 3.8) is 0 Å². The first-order chi connectivity index (χ1) is 5.39. The van der Waals surface area contributed by atoms with E-state index in [-0.39, 0.29) is 0 Å². The van der Waals surface area contributed by atoms with E-state index in [1.807, 2.05) is 24.3 Å². The van der Waals surface area contributed by atoms with Crippen LogP contribution in [-0.4, -0.2) is 4.98 Å². The number of hydrogen-bond acceptors (Lipinski definition) is 2. The molecule has 1 heterocycles. The van der Waals surface area contributed by atoms with Gasteiger partial charge in [-0.1, -0.05) is 12.1 Å². The van der Waals surface area contributed by atoms with Crippen molar-refractivity contribution in [2.45, 2.75) is 0 Å². The van der Waals surface area contributed by atoms with Crippen LogP contribution < -0.4 is 5.73 Å². The van der Waals surface area contributed by atoms with Crippen LogP contribution in [0.15, 0.2) is 48.8 Å². The summed E-state index contributed by atoms with van der Waals surface area (Å²) in [6, 6.07) is 11.0. The second kappa shape index (κ2) is 4.28. The Balaban J connectivity index is 3.11. The molecule has 0 radical (unpaired) electrons. The minimum absolute atomic E-state index is 0.725. The lowest BCUT2D eigenvalue weighted by atomic mass is 10.4. The number of rotatable bonds is 0. The van der Waals surface area contributed by atoms with Crippen molar-refractivity contribution in [2.24, 2.45) is 0 Å². The van der Waals surface area contributed by atoms with Gasteiger partial charge >= 0.3 is 0 Å². The van der Waals surface area contributed by atoms with Crippen molar-refractivity contribution in [1.29, 1.82) is 0 Å². The average molecular weight is 146 g/mol. The molecule has 0 atom stereocenters. The van der Waals surface area contributed by atoms with Gasteiger partial charge in [0.25, 0.3) is 0 Å². The fraction of sp³-hybridized carbons (Fsp3) is 0. The monoisotopic (exact) mass is 146 g/mol. The van der Waals surface area contributed by atoms with Crippen LogP contribution in [0.1, 0.15) is 0 Å². The second-order valence-electron chi connectivity index (χ2n) is 2.05. The summed E-state index contributed by atoms with van der Waals surface area (Å²) in [4.78, 5) is 3.94. The largest absolute Gasteiger partial charge is 0.399 e. The van der Waals surface area contributed by atoms with Gasteiger partial charge in [0, 0.05) is 18.1 Å². The molecule has 0 saturated carbocycles. The zero-order valence-corrected chi connectivity index (χ0v) is 6.14. The lowest BCUT2D eigenvalue weighted by Gasteiger charge is -1.81. The lowest BCUT2D eigenvalue weighted by Crippen LogP contribution is -1.78. The molecule has 0 saturated heterocycles. The van der Waals surface area contributed by atoms with E-state index in [1.54, 1.807) is 24.5 Å². The topological polar surface area (TPSA) is 38.9 Å². The molecule has 56 valence electrons. The molecular weight excluding hydrogens is 136 g/mol. The summed E-state index contributed by atoms with van der Waals surface area (Å²) in [5, 5.41) is 0. The Labute approximate surface area is 66.0 Å². The quantitative estimate of drug-likeness (QED) is 0.606. The van der Waals surface area contributed by atoms with Gasteiger partial charge in [0.1, 0.15) is 0 Å². The van der Waals surface area contributed by atoms with Crippen molar-refractivity contribution in [1.82, 2.24) is 4.98 Å². The number of nitrogen functional groups attached to an aromatic ring is 1. The third kappa shape index (κ3) is 3.20. The first-order valence-corrected chi connectivity index (χ1v) is 3.38. The Bertz CT molecular complexity index is 245. The third-order valence-corrected chi connectivity index (χ3v) is 1.14. The first kappa shape index (κ1) is 7.54. The highest BCUT2D eigenvalue weighted by Crippen LogP contribution is 1.92. The van der Waals surface area contributed by atoms with Crippen LogP contribution in [-0.2, 0) is 0 Å². The maximum atomic E-state index is 5.56. The predicted molar refractivity (Wildman–Crippen MR) is 46.3 cm³/mol. The van der Waals surface area contributed by atoms with Gasteiger partial charge < -0.3 is 5.73 Å². The number of nitrogens with zero attached hydrogens (tertiary/aromatic N) is 1. The summed E-state index contributed by atoms with van der Waals surface area (Å²) in [5.74, 6) is 0. The highest BCUT2D eigenvalue weighted by Gasteiger charge is 1.70. The zero-order valence-electron chi connectivity index (χ0n) is 6.14. The van der Waals surface area contributed by atoms with Crippen LogP contribution in [0.25, 0.3) is 0 Å². The molecule has 0 aliphatic heterocycles. The molecule has 0 aliphatic carbocycles. The van der Waals surface area contributed by atoms with E-state index in [0.29, 0.717) is 0 Å². The van der Waals surface area contributed by atoms with Crippen molar-refractivity contribution in [3.8, 4) is 0 Å². The minimum Gasteiger partial charge on any atom is -0.399 e. The van der Waals surface area contributed by atoms with Crippen molar-refractivity contribution < 1.29 is 0 Å². The van der Waals surface area contributed by atoms with Crippen molar-refractivity contribution in [3.05, 3.63) is 48.8 Å². The van der Waals surface area contributed by atoms with Gasteiger partial charge in [-0.15, -0.1) is 0 Å². The van der Waals surface area contributed by atoms with E-state index >= 15 is 0 Å². The summed E-state index contributed by atoms with van der Waals surface area (Å²) >= 11 is 0. The number of hydrogen-bond donors (Lipinski definition) is 1. The van der Waals surface area contributed by atoms with Crippen LogP contribution in [0, 0.1) is 0 Å². The van der Waals surface area contributed by atoms with Crippen LogP contribution in [0.2, 0.25) is 0 Å². The molecule has 1 rings (SSSR count). The van der Waals surface area contributed by atoms with E-state index in [2.05, 4.69) is 4.98 Å². The van der Waals surface area contributed by atoms with Crippen LogP contribution in [0.4, 0.5) is 5.69 Å². The summed E-state index contributed by atoms with van der Waals surface area (Å²) in [7, 11) is 0. The molecule has 2 nitrogen and oxygen atoms in total. The highest BCUT2D eigenvalue weighted by atomic mass is 14.6. The summed E-state index contributed by atoms with van der Waals surface area (Å²) in [5.41, 5.74) is 6.29. The lowest BCUT2D eigenvalue weighted by molar-refractivity contribution is 1.35. The molecule has 0 amide bonds. The summed E-state index contributed by atoms with van der Waals surface area (Å²) in [6.07, 6.45) is 3.41. The molecular formula is C9H10N2. The molecule has 0 bridgehead atoms. The summed E-state index contributed by atoms with van der Waals surface area (Å²) < 4.78 is 0. The maximum Gasteiger partial charge on any atom is 0.0314 e. The fourth-order valence-corrected chi connectivity index (χ4v) is 0.639. The Hall–Kier alpha value is -1.57. The third-order valence-electron chi connectivity index (χ3n) is 1.14. The molecule has 11 heavy (non-hydrogen) atoms. The smallest absolute Gasteiger partial charge is 0.0314 e. The van der Waals surface area contributed by atoms with E-state index in [1.165, 1.54) is 0 Å². The normalized spacial score (nSPS) is 8.36. The standard InChI is InChI=1S/C9H10N2/c10-9-5-2-1-3-7-11-8-4-6-9/h1-8H,10H2. The Morgan fingerprint density at radius 2 is 1.64 bits per heavy atom. The SMILES string of the molecule is Nc1cccccnccc1. The minimum atomic E-state index is 0.725. The van der Waals surface area contributed by atoms with Gasteiger partial charge in [-0.3, -0.25) is 4.98 Å². The Morgan fingerprint density at radius 3 is 2.55 bits per heavy atom. The molecule has 1 aromatic heterocycles. The molecule has 0 unspecified atom stereocenters. The van der Waals surface area contributed by atoms with Crippen LogP contribution in [0.5, 0.6) is 0 Å². The van der Waals surface area contributed by atoms with Crippen molar-refractivity contribution in [2.75, 3.05) is 5.73 Å². The molecule has 2 heteroatoms. The van der Waals surface area contributed by atoms with E-state index in [4.69, 9.17) is 5.73 Å². The average Bonchev–Trinajstić information content (AvgIpc) is 2.03. The molecule has 0 aliphatic rings. The van der Waals surface area contributed by atoms with Crippen LogP contribution in [0.3, 0.4) is 0 Å².